The molecule has 2 aromatic rings. The summed E-state index contributed by atoms with van der Waals surface area (Å²) in [5.74, 6) is -0.206. The first-order valence-corrected chi connectivity index (χ1v) is 8.34. The molecular weight excluding hydrogens is 382 g/mol. The number of benzene rings is 2. The van der Waals surface area contributed by atoms with E-state index in [2.05, 4.69) is 15.8 Å². The molecule has 0 aliphatic carbocycles. The zero-order chi connectivity index (χ0) is 21.2. The van der Waals surface area contributed by atoms with E-state index in [0.717, 1.165) is 6.07 Å². The van der Waals surface area contributed by atoms with Crippen LogP contribution >= 0.6 is 0 Å². The number of primary amides is 1. The van der Waals surface area contributed by atoms with Crippen LogP contribution < -0.4 is 21.2 Å². The van der Waals surface area contributed by atoms with Crippen LogP contribution in [0.2, 0.25) is 0 Å². The van der Waals surface area contributed by atoms with Gasteiger partial charge in [-0.15, -0.1) is 0 Å². The lowest BCUT2D eigenvalue weighted by molar-refractivity contribution is -0.385. The molecule has 0 fully saturated rings. The van der Waals surface area contributed by atoms with Crippen LogP contribution in [0.25, 0.3) is 0 Å². The summed E-state index contributed by atoms with van der Waals surface area (Å²) in [5.41, 5.74) is 5.61. The van der Waals surface area contributed by atoms with Gasteiger partial charge in [-0.1, -0.05) is 0 Å². The van der Waals surface area contributed by atoms with E-state index in [1.54, 1.807) is 24.3 Å². The number of nitro benzene ring substituents is 1. The highest BCUT2D eigenvalue weighted by molar-refractivity contribution is 6.11. The van der Waals surface area contributed by atoms with Crippen LogP contribution in [-0.2, 0) is 10.4 Å². The fraction of sp³-hybridized carbons (Fsp3) is 0.167. The number of hydrogen-bond donors (Lipinski definition) is 4. The number of nitrogens with zero attached hydrogens (tertiary/aromatic N) is 2. The van der Waals surface area contributed by atoms with Gasteiger partial charge < -0.3 is 20.9 Å². The highest BCUT2D eigenvalue weighted by Gasteiger charge is 2.47. The molecule has 0 aromatic heterocycles. The number of non-ortho nitro benzene ring substituents is 1. The Morgan fingerprint density at radius 2 is 2.03 bits per heavy atom. The first kappa shape index (κ1) is 19.8. The highest BCUT2D eigenvalue weighted by Crippen LogP contribution is 2.41. The fourth-order valence-corrected chi connectivity index (χ4v) is 2.97. The normalized spacial score (nSPS) is 18.0. The number of nitrogens with one attached hydrogen (secondary N) is 2. The van der Waals surface area contributed by atoms with Crippen molar-refractivity contribution in [2.75, 3.05) is 12.4 Å². The van der Waals surface area contributed by atoms with E-state index in [1.807, 2.05) is 0 Å². The lowest BCUT2D eigenvalue weighted by Gasteiger charge is -2.22. The molecule has 1 aliphatic heterocycles. The van der Waals surface area contributed by atoms with Crippen molar-refractivity contribution in [1.82, 2.24) is 5.43 Å². The maximum absolute atomic E-state index is 12.5. The van der Waals surface area contributed by atoms with Gasteiger partial charge in [0.05, 0.1) is 17.7 Å². The number of urea groups is 1. The first-order valence-electron chi connectivity index (χ1n) is 8.34. The third kappa shape index (κ3) is 3.84. The van der Waals surface area contributed by atoms with Crippen molar-refractivity contribution in [2.24, 2.45) is 10.8 Å². The summed E-state index contributed by atoms with van der Waals surface area (Å²) in [5, 5.41) is 28.6. The summed E-state index contributed by atoms with van der Waals surface area (Å²) in [6, 6.07) is 9.25. The summed E-state index contributed by atoms with van der Waals surface area (Å²) in [6.07, 6.45) is -0.375. The van der Waals surface area contributed by atoms with E-state index in [-0.39, 0.29) is 29.1 Å². The first-order chi connectivity index (χ1) is 13.7. The molecule has 0 saturated heterocycles. The number of carbonyl (C=O) groups is 2. The third-order valence-corrected chi connectivity index (χ3v) is 4.43. The number of fused-ring (bicyclic) bond motifs is 1. The smallest absolute Gasteiger partial charge is 0.332 e. The number of rotatable bonds is 6. The summed E-state index contributed by atoms with van der Waals surface area (Å²) >= 11 is 0. The van der Waals surface area contributed by atoms with Gasteiger partial charge in [0.15, 0.2) is 5.60 Å². The van der Waals surface area contributed by atoms with Crippen molar-refractivity contribution in [1.29, 1.82) is 0 Å². The number of hydrazone groups is 1. The predicted octanol–water partition coefficient (Wildman–Crippen LogP) is 1.21. The number of aliphatic hydroxyl groups is 1. The average Bonchev–Trinajstić information content (AvgIpc) is 2.95. The molecule has 1 aliphatic rings. The molecule has 3 rings (SSSR count). The molecule has 5 N–H and O–H groups in total. The number of amides is 3. The van der Waals surface area contributed by atoms with Crippen LogP contribution in [0.1, 0.15) is 17.5 Å². The molecule has 29 heavy (non-hydrogen) atoms. The molecule has 11 nitrogen and oxygen atoms in total. The quantitative estimate of drug-likeness (QED) is 0.323. The number of nitrogens with two attached hydrogens (primary N) is 1. The van der Waals surface area contributed by atoms with E-state index in [4.69, 9.17) is 10.5 Å². The number of carbonyl (C=O) groups excluding carboxylic acids is 2. The predicted molar refractivity (Wildman–Crippen MR) is 102 cm³/mol. The number of methoxy groups -OCH3 is 1. The molecule has 0 radical (unpaired) electrons. The molecule has 2 aromatic carbocycles. The standard InChI is InChI=1S/C18H17N5O6/c1-29-12-5-2-10(3-6-12)15(21-22-17(19)25)9-18(26)13-8-11(23(27)28)4-7-14(13)20-16(18)24/h2-8,26H,9H2,1H3,(H,20,24)(H3,19,22,25). The topological polar surface area (TPSA) is 169 Å². The number of ether oxygens (including phenoxy) is 1. The van der Waals surface area contributed by atoms with Crippen LogP contribution in [-0.4, -0.2) is 34.8 Å². The molecule has 0 saturated carbocycles. The van der Waals surface area contributed by atoms with Crippen molar-refractivity contribution in [3.8, 4) is 5.75 Å². The van der Waals surface area contributed by atoms with Crippen molar-refractivity contribution >= 4 is 29.0 Å². The minimum Gasteiger partial charge on any atom is -0.497 e. The lowest BCUT2D eigenvalue weighted by atomic mass is 9.87. The van der Waals surface area contributed by atoms with Crippen LogP contribution in [0.3, 0.4) is 0 Å². The van der Waals surface area contributed by atoms with E-state index in [1.165, 1.54) is 19.2 Å². The monoisotopic (exact) mass is 399 g/mol. The number of hydrogen-bond acceptors (Lipinski definition) is 7. The van der Waals surface area contributed by atoms with E-state index in [9.17, 15) is 24.8 Å². The highest BCUT2D eigenvalue weighted by atomic mass is 16.6. The zero-order valence-electron chi connectivity index (χ0n) is 15.2. The molecule has 1 heterocycles. The van der Waals surface area contributed by atoms with Crippen LogP contribution in [0.15, 0.2) is 47.6 Å². The van der Waals surface area contributed by atoms with Crippen LogP contribution in [0.4, 0.5) is 16.2 Å². The Bertz CT molecular complexity index is 1020. The average molecular weight is 399 g/mol. The molecule has 3 amide bonds. The van der Waals surface area contributed by atoms with Gasteiger partial charge in [0.2, 0.25) is 0 Å². The van der Waals surface area contributed by atoms with Crippen molar-refractivity contribution < 1.29 is 24.4 Å². The largest absolute Gasteiger partial charge is 0.497 e. The molecule has 0 bridgehead atoms. The Hall–Kier alpha value is -3.99. The molecule has 1 unspecified atom stereocenters. The Morgan fingerprint density at radius 3 is 2.62 bits per heavy atom. The molecular formula is C18H17N5O6. The summed E-state index contributed by atoms with van der Waals surface area (Å²) in [4.78, 5) is 34.1. The third-order valence-electron chi connectivity index (χ3n) is 4.43. The molecule has 11 heteroatoms. The van der Waals surface area contributed by atoms with Gasteiger partial charge in [-0.2, -0.15) is 5.10 Å². The van der Waals surface area contributed by atoms with E-state index in [0.29, 0.717) is 11.3 Å². The van der Waals surface area contributed by atoms with Gasteiger partial charge in [0.25, 0.3) is 11.6 Å². The molecule has 1 atom stereocenters. The number of anilines is 1. The van der Waals surface area contributed by atoms with Gasteiger partial charge in [0, 0.05) is 29.8 Å². The van der Waals surface area contributed by atoms with Gasteiger partial charge in [-0.3, -0.25) is 14.9 Å². The van der Waals surface area contributed by atoms with Crippen molar-refractivity contribution in [3.05, 3.63) is 63.7 Å². The zero-order valence-corrected chi connectivity index (χ0v) is 15.2. The summed E-state index contributed by atoms with van der Waals surface area (Å²) < 4.78 is 5.09. The minimum atomic E-state index is -2.14. The van der Waals surface area contributed by atoms with E-state index >= 15 is 0 Å². The van der Waals surface area contributed by atoms with Crippen LogP contribution in [0.5, 0.6) is 5.75 Å². The second-order valence-electron chi connectivity index (χ2n) is 6.24. The molecule has 150 valence electrons. The summed E-state index contributed by atoms with van der Waals surface area (Å²) in [7, 11) is 1.49. The SMILES string of the molecule is COc1ccc(C(CC2(O)C(=O)Nc3ccc([N+](=O)[O-])cc32)=NNC(N)=O)cc1. The van der Waals surface area contributed by atoms with E-state index < -0.39 is 22.5 Å². The Kier molecular flexibility index (Phi) is 5.15. The second-order valence-corrected chi connectivity index (χ2v) is 6.24. The van der Waals surface area contributed by atoms with Crippen molar-refractivity contribution in [2.45, 2.75) is 12.0 Å². The molecule has 0 spiro atoms. The van der Waals surface area contributed by atoms with Gasteiger partial charge in [-0.05, 0) is 35.9 Å². The fourth-order valence-electron chi connectivity index (χ4n) is 2.97. The van der Waals surface area contributed by atoms with Gasteiger partial charge in [0.1, 0.15) is 5.75 Å². The Morgan fingerprint density at radius 1 is 1.34 bits per heavy atom. The van der Waals surface area contributed by atoms with Crippen molar-refractivity contribution in [3.63, 3.8) is 0 Å². The van der Waals surface area contributed by atoms with Crippen LogP contribution in [0, 0.1) is 10.1 Å². The Balaban J connectivity index is 2.03. The van der Waals surface area contributed by atoms with Gasteiger partial charge >= 0.3 is 6.03 Å². The minimum absolute atomic E-state index is 0.0389. The maximum atomic E-state index is 12.5. The second kappa shape index (κ2) is 7.56. The lowest BCUT2D eigenvalue weighted by Crippen LogP contribution is -2.37. The summed E-state index contributed by atoms with van der Waals surface area (Å²) in [6.45, 7) is 0. The van der Waals surface area contributed by atoms with Gasteiger partial charge in [-0.25, -0.2) is 10.2 Å². The maximum Gasteiger partial charge on any atom is 0.332 e. The Labute approximate surface area is 164 Å². The number of nitro groups is 1.